The number of rotatable bonds is 7. The van der Waals surface area contributed by atoms with Gasteiger partial charge >= 0.3 is 0 Å². The van der Waals surface area contributed by atoms with Crippen LogP contribution in [0.2, 0.25) is 5.02 Å². The average Bonchev–Trinajstić information content (AvgIpc) is 2.73. The monoisotopic (exact) mass is 407 g/mol. The smallest absolute Gasteiger partial charge is 0.193 e. The average molecular weight is 408 g/mol. The van der Waals surface area contributed by atoms with Gasteiger partial charge in [0.05, 0.1) is 18.8 Å². The van der Waals surface area contributed by atoms with Crippen LogP contribution in [0.25, 0.3) is 0 Å². The first-order chi connectivity index (χ1) is 13.7. The van der Waals surface area contributed by atoms with Crippen LogP contribution in [-0.4, -0.2) is 62.5 Å². The molecular formula is C22H34ClN3O2. The van der Waals surface area contributed by atoms with Crippen LogP contribution >= 0.6 is 11.6 Å². The first-order valence-electron chi connectivity index (χ1n) is 10.8. The molecule has 1 aromatic rings. The van der Waals surface area contributed by atoms with Crippen LogP contribution in [0, 0.1) is 0 Å². The van der Waals surface area contributed by atoms with Gasteiger partial charge in [-0.15, -0.1) is 0 Å². The molecule has 2 aliphatic rings. The fourth-order valence-electron chi connectivity index (χ4n) is 3.83. The number of hydrogen-bond donors (Lipinski definition) is 1. The first kappa shape index (κ1) is 21.4. The minimum atomic E-state index is 0.303. The van der Waals surface area contributed by atoms with Crippen molar-refractivity contribution in [3.05, 3.63) is 34.9 Å². The van der Waals surface area contributed by atoms with E-state index in [-0.39, 0.29) is 0 Å². The number of nitrogens with zero attached hydrogens (tertiary/aromatic N) is 2. The molecule has 0 spiro atoms. The fraction of sp³-hybridized carbons (Fsp3) is 0.682. The highest BCUT2D eigenvalue weighted by Crippen LogP contribution is 2.18. The Kier molecular flexibility index (Phi) is 8.90. The number of hydrogen-bond acceptors (Lipinski definition) is 3. The maximum absolute atomic E-state index is 6.14. The highest BCUT2D eigenvalue weighted by molar-refractivity contribution is 6.30. The summed E-state index contributed by atoms with van der Waals surface area (Å²) < 4.78 is 11.9. The Morgan fingerprint density at radius 3 is 2.86 bits per heavy atom. The van der Waals surface area contributed by atoms with E-state index in [0.29, 0.717) is 12.2 Å². The van der Waals surface area contributed by atoms with Gasteiger partial charge in [-0.25, -0.2) is 0 Å². The van der Waals surface area contributed by atoms with Crippen molar-refractivity contribution < 1.29 is 9.47 Å². The minimum Gasteiger partial charge on any atom is -0.376 e. The van der Waals surface area contributed by atoms with Crippen molar-refractivity contribution in [3.8, 4) is 0 Å². The number of guanidine groups is 1. The van der Waals surface area contributed by atoms with Crippen molar-refractivity contribution in [3.63, 3.8) is 0 Å². The zero-order valence-corrected chi connectivity index (χ0v) is 17.8. The third-order valence-corrected chi connectivity index (χ3v) is 5.65. The standard InChI is InChI=1S/C22H34ClN3O2/c1-2-24-22(25-12-9-18-6-5-7-19(23)16-18)26-13-10-20(11-14-26)28-17-21-8-3-4-15-27-21/h5-7,16,20-21H,2-4,8-15,17H2,1H3,(H,24,25). The normalized spacial score (nSPS) is 21.7. The number of piperidine rings is 1. The summed E-state index contributed by atoms with van der Waals surface area (Å²) in [6.07, 6.45) is 7.24. The molecule has 2 aliphatic heterocycles. The van der Waals surface area contributed by atoms with E-state index in [1.807, 2.05) is 18.2 Å². The molecule has 1 unspecified atom stereocenters. The molecule has 6 heteroatoms. The maximum atomic E-state index is 6.14. The zero-order valence-electron chi connectivity index (χ0n) is 17.0. The predicted molar refractivity (Wildman–Crippen MR) is 115 cm³/mol. The molecular weight excluding hydrogens is 374 g/mol. The second kappa shape index (κ2) is 11.6. The van der Waals surface area contributed by atoms with Crippen LogP contribution in [0.15, 0.2) is 29.3 Å². The quantitative estimate of drug-likeness (QED) is 0.550. The largest absolute Gasteiger partial charge is 0.376 e. The van der Waals surface area contributed by atoms with E-state index in [9.17, 15) is 0 Å². The molecule has 0 aliphatic carbocycles. The molecule has 1 N–H and O–H groups in total. The Bertz CT molecular complexity index is 612. The molecule has 0 amide bonds. The van der Waals surface area contributed by atoms with Gasteiger partial charge in [-0.2, -0.15) is 0 Å². The summed E-state index contributed by atoms with van der Waals surface area (Å²) in [7, 11) is 0. The van der Waals surface area contributed by atoms with Gasteiger partial charge in [0.1, 0.15) is 0 Å². The molecule has 1 atom stereocenters. The van der Waals surface area contributed by atoms with Gasteiger partial charge in [0, 0.05) is 37.8 Å². The van der Waals surface area contributed by atoms with Crippen LogP contribution in [0.5, 0.6) is 0 Å². The van der Waals surface area contributed by atoms with Crippen molar-refractivity contribution in [2.75, 3.05) is 39.4 Å². The second-order valence-corrected chi connectivity index (χ2v) is 8.06. The predicted octanol–water partition coefficient (Wildman–Crippen LogP) is 3.90. The summed E-state index contributed by atoms with van der Waals surface area (Å²) in [5.41, 5.74) is 1.23. The van der Waals surface area contributed by atoms with Crippen molar-refractivity contribution in [2.45, 2.75) is 57.7 Å². The molecule has 0 radical (unpaired) electrons. The Balaban J connectivity index is 1.42. The van der Waals surface area contributed by atoms with Gasteiger partial charge in [-0.3, -0.25) is 4.99 Å². The lowest BCUT2D eigenvalue weighted by atomic mass is 10.1. The Morgan fingerprint density at radius 1 is 1.29 bits per heavy atom. The van der Waals surface area contributed by atoms with Crippen LogP contribution < -0.4 is 5.32 Å². The summed E-state index contributed by atoms with van der Waals surface area (Å²) in [5.74, 6) is 1.01. The fourth-order valence-corrected chi connectivity index (χ4v) is 4.04. The second-order valence-electron chi connectivity index (χ2n) is 7.62. The van der Waals surface area contributed by atoms with Crippen LogP contribution in [0.3, 0.4) is 0 Å². The van der Waals surface area contributed by atoms with E-state index in [0.717, 1.165) is 76.1 Å². The first-order valence-corrected chi connectivity index (χ1v) is 11.1. The lowest BCUT2D eigenvalue weighted by molar-refractivity contribution is -0.0721. The molecule has 2 saturated heterocycles. The minimum absolute atomic E-state index is 0.303. The maximum Gasteiger partial charge on any atom is 0.193 e. The van der Waals surface area contributed by atoms with Gasteiger partial charge < -0.3 is 19.7 Å². The number of ether oxygens (including phenoxy) is 2. The van der Waals surface area contributed by atoms with Crippen LogP contribution in [-0.2, 0) is 15.9 Å². The number of nitrogens with one attached hydrogen (secondary N) is 1. The molecule has 28 heavy (non-hydrogen) atoms. The van der Waals surface area contributed by atoms with Crippen molar-refractivity contribution in [1.29, 1.82) is 0 Å². The summed E-state index contributed by atoms with van der Waals surface area (Å²) in [4.78, 5) is 7.19. The van der Waals surface area contributed by atoms with Gasteiger partial charge in [-0.1, -0.05) is 23.7 Å². The topological polar surface area (TPSA) is 46.1 Å². The lowest BCUT2D eigenvalue weighted by Crippen LogP contribution is -2.47. The molecule has 156 valence electrons. The van der Waals surface area contributed by atoms with Gasteiger partial charge in [0.25, 0.3) is 0 Å². The van der Waals surface area contributed by atoms with Crippen LogP contribution in [0.1, 0.15) is 44.6 Å². The number of halogens is 1. The molecule has 0 aromatic heterocycles. The Morgan fingerprint density at radius 2 is 2.14 bits per heavy atom. The Hall–Kier alpha value is -1.30. The number of likely N-dealkylation sites (tertiary alicyclic amines) is 1. The molecule has 5 nitrogen and oxygen atoms in total. The lowest BCUT2D eigenvalue weighted by Gasteiger charge is -2.35. The van der Waals surface area contributed by atoms with Gasteiger partial charge in [0.15, 0.2) is 5.96 Å². The molecule has 3 rings (SSSR count). The highest BCUT2D eigenvalue weighted by atomic mass is 35.5. The number of aliphatic imine (C=N–C) groups is 1. The Labute approximate surface area is 174 Å². The summed E-state index contributed by atoms with van der Waals surface area (Å²) in [6.45, 7) is 7.37. The number of benzene rings is 1. The van der Waals surface area contributed by atoms with E-state index in [1.165, 1.54) is 18.4 Å². The molecule has 0 saturated carbocycles. The zero-order chi connectivity index (χ0) is 19.6. The van der Waals surface area contributed by atoms with Gasteiger partial charge in [0.2, 0.25) is 0 Å². The third-order valence-electron chi connectivity index (χ3n) is 5.42. The van der Waals surface area contributed by atoms with E-state index in [4.69, 9.17) is 26.1 Å². The molecule has 0 bridgehead atoms. The van der Waals surface area contributed by atoms with Gasteiger partial charge in [-0.05, 0) is 63.1 Å². The third kappa shape index (κ3) is 6.94. The van der Waals surface area contributed by atoms with Crippen molar-refractivity contribution in [2.24, 2.45) is 4.99 Å². The van der Waals surface area contributed by atoms with Crippen molar-refractivity contribution in [1.82, 2.24) is 10.2 Å². The highest BCUT2D eigenvalue weighted by Gasteiger charge is 2.23. The summed E-state index contributed by atoms with van der Waals surface area (Å²) in [5, 5.41) is 4.22. The molecule has 2 heterocycles. The molecule has 2 fully saturated rings. The van der Waals surface area contributed by atoms with E-state index in [1.54, 1.807) is 0 Å². The van der Waals surface area contributed by atoms with E-state index >= 15 is 0 Å². The summed E-state index contributed by atoms with van der Waals surface area (Å²) >= 11 is 6.07. The van der Waals surface area contributed by atoms with Crippen molar-refractivity contribution >= 4 is 17.6 Å². The van der Waals surface area contributed by atoms with E-state index in [2.05, 4.69) is 23.2 Å². The summed E-state index contributed by atoms with van der Waals surface area (Å²) in [6, 6.07) is 8.02. The van der Waals surface area contributed by atoms with Crippen LogP contribution in [0.4, 0.5) is 0 Å². The van der Waals surface area contributed by atoms with E-state index < -0.39 is 0 Å². The SMILES string of the molecule is CCNC(=NCCc1cccc(Cl)c1)N1CCC(OCC2CCCCO2)CC1. The molecule has 1 aromatic carbocycles.